The Labute approximate surface area is 161 Å². The fraction of sp³-hybridized carbons (Fsp3) is 0.462. The van der Waals surface area contributed by atoms with Crippen LogP contribution in [0.25, 0.3) is 0 Å². The van der Waals surface area contributed by atoms with Crippen LogP contribution in [0.5, 0.6) is 0 Å². The van der Waals surface area contributed by atoms with E-state index >= 15 is 0 Å². The van der Waals surface area contributed by atoms with Gasteiger partial charge in [-0.15, -0.1) is 0 Å². The van der Waals surface area contributed by atoms with Crippen LogP contribution < -0.4 is 39.8 Å². The van der Waals surface area contributed by atoms with Gasteiger partial charge in [0.15, 0.2) is 0 Å². The van der Waals surface area contributed by atoms with Crippen LogP contribution in [-0.4, -0.2) is 48.8 Å². The van der Waals surface area contributed by atoms with E-state index in [4.69, 9.17) is 14.9 Å². The second-order valence-corrected chi connectivity index (χ2v) is 5.81. The minimum atomic E-state index is -4.60. The van der Waals surface area contributed by atoms with Gasteiger partial charge in [-0.2, -0.15) is 0 Å². The van der Waals surface area contributed by atoms with E-state index in [2.05, 4.69) is 14.4 Å². The molecular weight excluding hydrogens is 352 g/mol. The maximum absolute atomic E-state index is 11.4. The number of carbonyl (C=O) groups excluding carboxylic acids is 1. The molecule has 130 valence electrons. The Morgan fingerprint density at radius 3 is 2.58 bits per heavy atom. The number of aliphatic hydroxyl groups is 2. The smallest absolute Gasteiger partial charge is 0.756 e. The SMILES string of the molecule is O=C(NCCOP(=O)([O-])OCC(O)CO)OCc1ccccc1.[Na+]. The van der Waals surface area contributed by atoms with Crippen molar-refractivity contribution in [2.45, 2.75) is 12.7 Å². The summed E-state index contributed by atoms with van der Waals surface area (Å²) in [7, 11) is -4.60. The molecule has 1 amide bonds. The third-order valence-electron chi connectivity index (χ3n) is 2.47. The van der Waals surface area contributed by atoms with Crippen molar-refractivity contribution in [1.29, 1.82) is 0 Å². The fourth-order valence-corrected chi connectivity index (χ4v) is 2.10. The molecule has 0 bridgehead atoms. The number of carbonyl (C=O) groups is 1. The molecule has 0 aliphatic carbocycles. The van der Waals surface area contributed by atoms with E-state index < -0.39 is 33.2 Å². The Kier molecular flexibility index (Phi) is 12.6. The number of aliphatic hydroxyl groups excluding tert-OH is 2. The Morgan fingerprint density at radius 1 is 1.29 bits per heavy atom. The summed E-state index contributed by atoms with van der Waals surface area (Å²) < 4.78 is 24.9. The maximum Gasteiger partial charge on any atom is 1.00 e. The van der Waals surface area contributed by atoms with Crippen LogP contribution in [0.15, 0.2) is 30.3 Å². The second-order valence-electron chi connectivity index (χ2n) is 4.40. The number of hydrogen-bond donors (Lipinski definition) is 3. The third kappa shape index (κ3) is 11.1. The van der Waals surface area contributed by atoms with E-state index in [1.165, 1.54) is 0 Å². The summed E-state index contributed by atoms with van der Waals surface area (Å²) in [6.45, 7) is -1.60. The Morgan fingerprint density at radius 2 is 1.96 bits per heavy atom. The molecule has 0 aliphatic heterocycles. The van der Waals surface area contributed by atoms with Gasteiger partial charge in [-0.25, -0.2) is 4.79 Å². The number of alkyl carbamates (subject to hydrolysis) is 1. The van der Waals surface area contributed by atoms with Crippen molar-refractivity contribution in [2.24, 2.45) is 0 Å². The monoisotopic (exact) mass is 371 g/mol. The topological polar surface area (TPSA) is 137 Å². The largest absolute Gasteiger partial charge is 1.00 e. The predicted molar refractivity (Wildman–Crippen MR) is 77.2 cm³/mol. The first-order valence-electron chi connectivity index (χ1n) is 6.76. The molecule has 1 aromatic rings. The summed E-state index contributed by atoms with van der Waals surface area (Å²) in [5.41, 5.74) is 0.818. The summed E-state index contributed by atoms with van der Waals surface area (Å²) in [5.74, 6) is 0. The number of hydrogen-bond acceptors (Lipinski definition) is 8. The molecule has 9 nitrogen and oxygen atoms in total. The van der Waals surface area contributed by atoms with Crippen molar-refractivity contribution >= 4 is 13.9 Å². The summed E-state index contributed by atoms with van der Waals surface area (Å²) in [5, 5.41) is 19.8. The molecule has 0 saturated heterocycles. The molecule has 0 radical (unpaired) electrons. The van der Waals surface area contributed by atoms with Crippen LogP contribution in [0, 0.1) is 0 Å². The Hall–Kier alpha value is -0.480. The van der Waals surface area contributed by atoms with E-state index in [-0.39, 0.29) is 49.3 Å². The van der Waals surface area contributed by atoms with Gasteiger partial charge in [0.2, 0.25) is 0 Å². The predicted octanol–water partition coefficient (Wildman–Crippen LogP) is -3.23. The number of rotatable bonds is 10. The third-order valence-corrected chi connectivity index (χ3v) is 3.43. The second kappa shape index (κ2) is 12.8. The van der Waals surface area contributed by atoms with E-state index in [9.17, 15) is 14.3 Å². The molecule has 0 spiro atoms. The van der Waals surface area contributed by atoms with Gasteiger partial charge in [0, 0.05) is 6.54 Å². The molecule has 3 N–H and O–H groups in total. The van der Waals surface area contributed by atoms with Gasteiger partial charge in [0.25, 0.3) is 7.82 Å². The molecule has 1 aromatic carbocycles. The van der Waals surface area contributed by atoms with Crippen LogP contribution in [0.1, 0.15) is 5.56 Å². The van der Waals surface area contributed by atoms with Crippen molar-refractivity contribution < 1.29 is 67.8 Å². The zero-order chi connectivity index (χ0) is 17.1. The van der Waals surface area contributed by atoms with Crippen molar-refractivity contribution in [2.75, 3.05) is 26.4 Å². The molecule has 0 aliphatic rings. The fourth-order valence-electron chi connectivity index (χ4n) is 1.35. The molecule has 11 heteroatoms. The van der Waals surface area contributed by atoms with E-state index in [0.29, 0.717) is 0 Å². The number of nitrogens with one attached hydrogen (secondary N) is 1. The van der Waals surface area contributed by atoms with E-state index in [0.717, 1.165) is 5.56 Å². The molecule has 2 atom stereocenters. The molecular formula is C13H19NNaO8P. The van der Waals surface area contributed by atoms with Crippen LogP contribution in [0.3, 0.4) is 0 Å². The number of phosphoric acid groups is 1. The number of amides is 1. The maximum atomic E-state index is 11.4. The van der Waals surface area contributed by atoms with E-state index in [1.54, 1.807) is 12.1 Å². The van der Waals surface area contributed by atoms with Crippen LogP contribution in [-0.2, 0) is 25.0 Å². The standard InChI is InChI=1S/C13H20NO8P.Na/c15-8-12(16)10-22-23(18,19)21-7-6-14-13(17)20-9-11-4-2-1-3-5-11;/h1-5,12,15-16H,6-10H2,(H,14,17)(H,18,19);/q;+1/p-1. The molecule has 24 heavy (non-hydrogen) atoms. The average molecular weight is 371 g/mol. The molecule has 0 saturated carbocycles. The summed E-state index contributed by atoms with van der Waals surface area (Å²) >= 11 is 0. The first kappa shape index (κ1) is 23.5. The molecule has 0 aromatic heterocycles. The first-order valence-corrected chi connectivity index (χ1v) is 8.22. The molecule has 1 rings (SSSR count). The zero-order valence-electron chi connectivity index (χ0n) is 13.3. The van der Waals surface area contributed by atoms with Crippen molar-refractivity contribution in [3.8, 4) is 0 Å². The molecule has 2 unspecified atom stereocenters. The van der Waals surface area contributed by atoms with Crippen molar-refractivity contribution in [3.05, 3.63) is 35.9 Å². The van der Waals surface area contributed by atoms with Gasteiger partial charge in [0.1, 0.15) is 12.7 Å². The minimum absolute atomic E-state index is 0. The quantitative estimate of drug-likeness (QED) is 0.222. The number of benzene rings is 1. The zero-order valence-corrected chi connectivity index (χ0v) is 16.2. The summed E-state index contributed by atoms with van der Waals surface area (Å²) in [6.07, 6.45) is -2.03. The minimum Gasteiger partial charge on any atom is -0.756 e. The Balaban J connectivity index is 0.00000529. The molecule has 0 fully saturated rings. The van der Waals surface area contributed by atoms with Gasteiger partial charge in [-0.1, -0.05) is 30.3 Å². The van der Waals surface area contributed by atoms with Crippen molar-refractivity contribution in [3.63, 3.8) is 0 Å². The van der Waals surface area contributed by atoms with Gasteiger partial charge in [-0.3, -0.25) is 4.57 Å². The van der Waals surface area contributed by atoms with Crippen LogP contribution >= 0.6 is 7.82 Å². The number of ether oxygens (including phenoxy) is 1. The van der Waals surface area contributed by atoms with Crippen LogP contribution in [0.2, 0.25) is 0 Å². The van der Waals surface area contributed by atoms with Gasteiger partial charge in [-0.05, 0) is 5.56 Å². The first-order chi connectivity index (χ1) is 10.9. The van der Waals surface area contributed by atoms with Crippen LogP contribution in [0.4, 0.5) is 4.79 Å². The van der Waals surface area contributed by atoms with Gasteiger partial charge < -0.3 is 34.2 Å². The number of phosphoric ester groups is 1. The molecule has 0 heterocycles. The summed E-state index contributed by atoms with van der Waals surface area (Å²) in [4.78, 5) is 22.6. The van der Waals surface area contributed by atoms with Gasteiger partial charge >= 0.3 is 35.7 Å². The summed E-state index contributed by atoms with van der Waals surface area (Å²) in [6, 6.07) is 9.04. The van der Waals surface area contributed by atoms with Crippen molar-refractivity contribution in [1.82, 2.24) is 5.32 Å². The average Bonchev–Trinajstić information content (AvgIpc) is 2.55. The normalized spacial score (nSPS) is 14.1. The van der Waals surface area contributed by atoms with Gasteiger partial charge in [0.05, 0.1) is 19.8 Å². The Bertz CT molecular complexity index is 518. The van der Waals surface area contributed by atoms with E-state index in [1.807, 2.05) is 18.2 Å².